The van der Waals surface area contributed by atoms with E-state index in [1.165, 1.54) is 62.5 Å². The Labute approximate surface area is 395 Å². The number of nitrogens with zero attached hydrogens (tertiary/aromatic N) is 3. The van der Waals surface area contributed by atoms with Gasteiger partial charge in [-0.25, -0.2) is 16.8 Å². The largest absolute Gasteiger partial charge is 0.416 e. The fourth-order valence-corrected chi connectivity index (χ4v) is 8.49. The molecule has 0 spiro atoms. The maximum atomic E-state index is 13.2. The van der Waals surface area contributed by atoms with Gasteiger partial charge in [-0.2, -0.15) is 26.3 Å². The molecule has 2 fully saturated rings. The van der Waals surface area contributed by atoms with E-state index in [2.05, 4.69) is 35.3 Å². The molecule has 20 heteroatoms. The first-order valence-electron chi connectivity index (χ1n) is 21.0. The number of alkyl halides is 8. The van der Waals surface area contributed by atoms with Gasteiger partial charge >= 0.3 is 12.4 Å². The Balaban J connectivity index is 0.000000325. The number of nitrogens with two attached hydrogens (primary N) is 1. The summed E-state index contributed by atoms with van der Waals surface area (Å²) in [4.78, 5) is 6.51. The molecular formula is C45H60Cl3F6N5O4S2. The van der Waals surface area contributed by atoms with Gasteiger partial charge in [0.25, 0.3) is 19.1 Å². The molecular weight excluding hydrogens is 959 g/mol. The van der Waals surface area contributed by atoms with Crippen LogP contribution in [0.4, 0.5) is 49.1 Å². The van der Waals surface area contributed by atoms with Crippen LogP contribution in [0.2, 0.25) is 0 Å². The Bertz CT molecular complexity index is 2230. The number of sulfonamides is 1. The monoisotopic (exact) mass is 1020 g/mol. The summed E-state index contributed by atoms with van der Waals surface area (Å²) in [6, 6.07) is 19.3. The van der Waals surface area contributed by atoms with Crippen LogP contribution in [0.3, 0.4) is 0 Å². The molecule has 6 rings (SSSR count). The fourth-order valence-electron chi connectivity index (χ4n) is 6.65. The predicted octanol–water partition coefficient (Wildman–Crippen LogP) is 12.8. The molecule has 65 heavy (non-hydrogen) atoms. The standard InChI is InChI=1S/C19H21F3N2O2S.C12H15F3N2.C7H7ClO2S.C6H15N.CH2Cl2/c1-14-5-8-16(9-6-14)27(25,26)23-17-13-15(19(20,21)22)7-10-18(17)24-11-3-2-4-12-24;13-12(14,15)9-4-5-11(10(16)8-9)17-6-2-1-3-7-17;1-6-2-4-7(5-3-6)11(8,9)10;1-4-7(5-2)6-3;2-1-3/h5-10,13,23H,2-4,11-12H2,1H3;4-5,8H,1-3,6-7,16H2;2-5H,1H3;4-6H2,1-3H3;1H2. The third-order valence-corrected chi connectivity index (χ3v) is 13.0. The van der Waals surface area contributed by atoms with Crippen LogP contribution in [0.1, 0.15) is 81.5 Å². The lowest BCUT2D eigenvalue weighted by Crippen LogP contribution is -2.30. The lowest BCUT2D eigenvalue weighted by atomic mass is 10.1. The summed E-state index contributed by atoms with van der Waals surface area (Å²) in [5, 5.41) is 0.194. The van der Waals surface area contributed by atoms with E-state index in [1.807, 2.05) is 18.7 Å². The summed E-state index contributed by atoms with van der Waals surface area (Å²) in [6.45, 7) is 16.9. The molecule has 4 aromatic carbocycles. The van der Waals surface area contributed by atoms with Crippen molar-refractivity contribution in [3.05, 3.63) is 107 Å². The van der Waals surface area contributed by atoms with Crippen LogP contribution in [-0.4, -0.2) is 72.9 Å². The molecule has 0 aromatic heterocycles. The fraction of sp³-hybridized carbons (Fsp3) is 0.467. The molecule has 0 atom stereocenters. The van der Waals surface area contributed by atoms with Gasteiger partial charge < -0.3 is 20.4 Å². The van der Waals surface area contributed by atoms with E-state index in [0.29, 0.717) is 18.8 Å². The average Bonchev–Trinajstić information content (AvgIpc) is 3.25. The van der Waals surface area contributed by atoms with Crippen molar-refractivity contribution in [2.75, 3.05) is 71.4 Å². The second kappa shape index (κ2) is 27.3. The molecule has 0 aliphatic carbocycles. The van der Waals surface area contributed by atoms with Crippen molar-refractivity contribution in [2.24, 2.45) is 0 Å². The SMILES string of the molecule is CCN(CC)CC.Cc1ccc(S(=O)(=O)Cl)cc1.Cc1ccc(S(=O)(=O)Nc2cc(C(F)(F)F)ccc2N2CCCCC2)cc1.ClCCl.Nc1cc(C(F)(F)F)ccc1N1CCCCC1. The minimum atomic E-state index is -4.55. The summed E-state index contributed by atoms with van der Waals surface area (Å²) >= 11 is 9.53. The van der Waals surface area contributed by atoms with E-state index in [1.54, 1.807) is 24.3 Å². The first-order valence-corrected chi connectivity index (χ1v) is 25.9. The van der Waals surface area contributed by atoms with Crippen molar-refractivity contribution >= 4 is 75.7 Å². The summed E-state index contributed by atoms with van der Waals surface area (Å²) < 4.78 is 126. The van der Waals surface area contributed by atoms with Crippen LogP contribution in [0.25, 0.3) is 0 Å². The number of anilines is 4. The minimum absolute atomic E-state index is 0.00936. The van der Waals surface area contributed by atoms with E-state index in [-0.39, 0.29) is 26.5 Å². The van der Waals surface area contributed by atoms with Crippen LogP contribution in [0.15, 0.2) is 94.7 Å². The van der Waals surface area contributed by atoms with Crippen molar-refractivity contribution in [1.82, 2.24) is 4.90 Å². The van der Waals surface area contributed by atoms with E-state index >= 15 is 0 Å². The first-order chi connectivity index (χ1) is 30.4. The number of rotatable bonds is 9. The van der Waals surface area contributed by atoms with Crippen LogP contribution in [0.5, 0.6) is 0 Å². The maximum Gasteiger partial charge on any atom is 0.416 e. The van der Waals surface area contributed by atoms with Gasteiger partial charge in [-0.1, -0.05) is 56.2 Å². The molecule has 364 valence electrons. The third-order valence-electron chi connectivity index (χ3n) is 10.3. The van der Waals surface area contributed by atoms with Gasteiger partial charge in [-0.15, -0.1) is 23.2 Å². The van der Waals surface area contributed by atoms with Crippen molar-refractivity contribution < 1.29 is 43.2 Å². The maximum absolute atomic E-state index is 13.2. The minimum Gasteiger partial charge on any atom is -0.397 e. The lowest BCUT2D eigenvalue weighted by Gasteiger charge is -2.31. The molecule has 0 bridgehead atoms. The van der Waals surface area contributed by atoms with Gasteiger partial charge in [0.15, 0.2) is 0 Å². The predicted molar refractivity (Wildman–Crippen MR) is 256 cm³/mol. The van der Waals surface area contributed by atoms with Crippen LogP contribution < -0.4 is 20.3 Å². The number of hydrogen-bond acceptors (Lipinski definition) is 8. The molecule has 2 saturated heterocycles. The number of piperidine rings is 2. The Kier molecular flexibility index (Phi) is 24.1. The van der Waals surface area contributed by atoms with Gasteiger partial charge in [0.2, 0.25) is 0 Å². The molecule has 3 N–H and O–H groups in total. The van der Waals surface area contributed by atoms with Crippen molar-refractivity contribution in [2.45, 2.75) is 95.3 Å². The highest BCUT2D eigenvalue weighted by Gasteiger charge is 2.33. The zero-order valence-corrected chi connectivity index (χ0v) is 41.2. The number of benzene rings is 4. The zero-order chi connectivity index (χ0) is 49.0. The van der Waals surface area contributed by atoms with Gasteiger partial charge in [0.05, 0.1) is 49.0 Å². The topological polar surface area (TPSA) is 116 Å². The van der Waals surface area contributed by atoms with E-state index in [9.17, 15) is 43.2 Å². The first kappa shape index (κ1) is 57.5. The van der Waals surface area contributed by atoms with Gasteiger partial charge in [-0.3, -0.25) is 4.72 Å². The molecule has 0 amide bonds. The summed E-state index contributed by atoms with van der Waals surface area (Å²) in [5.74, 6) is 0. The second-order valence-electron chi connectivity index (χ2n) is 15.0. The highest BCUT2D eigenvalue weighted by atomic mass is 35.7. The van der Waals surface area contributed by atoms with E-state index in [0.717, 1.165) is 86.3 Å². The van der Waals surface area contributed by atoms with Crippen molar-refractivity contribution in [3.8, 4) is 0 Å². The summed E-state index contributed by atoms with van der Waals surface area (Å²) in [6.07, 6.45) is -2.66. The summed E-state index contributed by atoms with van der Waals surface area (Å²) in [7, 11) is -2.46. The van der Waals surface area contributed by atoms with Crippen LogP contribution in [0, 0.1) is 13.8 Å². The van der Waals surface area contributed by atoms with Gasteiger partial charge in [0, 0.05) is 36.9 Å². The number of hydrogen-bond donors (Lipinski definition) is 2. The summed E-state index contributed by atoms with van der Waals surface area (Å²) in [5.41, 5.74) is 7.39. The molecule has 0 saturated carbocycles. The lowest BCUT2D eigenvalue weighted by molar-refractivity contribution is -0.138. The van der Waals surface area contributed by atoms with Crippen LogP contribution >= 0.6 is 33.9 Å². The molecule has 2 aliphatic heterocycles. The number of nitrogens with one attached hydrogen (secondary N) is 1. The van der Waals surface area contributed by atoms with Crippen molar-refractivity contribution in [1.29, 1.82) is 0 Å². The highest BCUT2D eigenvalue weighted by Crippen LogP contribution is 2.38. The van der Waals surface area contributed by atoms with Crippen molar-refractivity contribution in [3.63, 3.8) is 0 Å². The zero-order valence-electron chi connectivity index (χ0n) is 37.3. The molecule has 2 heterocycles. The Morgan fingerprint density at radius 3 is 1.32 bits per heavy atom. The molecule has 0 radical (unpaired) electrons. The van der Waals surface area contributed by atoms with Gasteiger partial charge in [0.1, 0.15) is 0 Å². The van der Waals surface area contributed by atoms with Gasteiger partial charge in [-0.05, 0) is 133 Å². The Morgan fingerprint density at radius 2 is 0.969 bits per heavy atom. The third kappa shape index (κ3) is 20.0. The quantitative estimate of drug-likeness (QED) is 0.0737. The van der Waals surface area contributed by atoms with Crippen LogP contribution in [-0.2, 0) is 31.4 Å². The second-order valence-corrected chi connectivity index (χ2v) is 20.0. The highest BCUT2D eigenvalue weighted by molar-refractivity contribution is 8.13. The molecule has 9 nitrogen and oxygen atoms in total. The average molecular weight is 1020 g/mol. The smallest absolute Gasteiger partial charge is 0.397 e. The number of nitrogen functional groups attached to an aromatic ring is 1. The Morgan fingerprint density at radius 1 is 0.600 bits per heavy atom. The molecule has 2 aliphatic rings. The number of halogens is 9. The number of aryl methyl sites for hydroxylation is 2. The molecule has 4 aromatic rings. The van der Waals surface area contributed by atoms with E-state index in [4.69, 9.17) is 39.6 Å². The Hall–Kier alpha value is -3.61. The normalized spacial score (nSPS) is 14.3. The van der Waals surface area contributed by atoms with E-state index < -0.39 is 42.6 Å². The molecule has 0 unspecified atom stereocenters.